The van der Waals surface area contributed by atoms with Gasteiger partial charge in [0.2, 0.25) is 11.8 Å². The average molecular weight is 395 g/mol. The predicted octanol–water partition coefficient (Wildman–Crippen LogP) is 2.55. The quantitative estimate of drug-likeness (QED) is 0.320. The number of nitrogens with zero attached hydrogens (tertiary/aromatic N) is 1. The van der Waals surface area contributed by atoms with Crippen molar-refractivity contribution in [1.29, 1.82) is 0 Å². The highest BCUT2D eigenvalue weighted by molar-refractivity contribution is 6.09. The Bertz CT molecular complexity index is 870. The number of rotatable bonds is 6. The highest BCUT2D eigenvalue weighted by Crippen LogP contribution is 2.53. The number of allylic oxidation sites excluding steroid dienone is 2. The summed E-state index contributed by atoms with van der Waals surface area (Å²) < 4.78 is 5.26. The van der Waals surface area contributed by atoms with E-state index >= 15 is 0 Å². The molecule has 1 aliphatic heterocycles. The van der Waals surface area contributed by atoms with E-state index in [9.17, 15) is 19.2 Å². The maximum atomic E-state index is 13.0. The summed E-state index contributed by atoms with van der Waals surface area (Å²) in [6.07, 6.45) is 4.87. The number of carbonyl (C=O) groups excluding carboxylic acids is 4. The molecule has 2 amide bonds. The number of ketones is 1. The van der Waals surface area contributed by atoms with Crippen molar-refractivity contribution >= 4 is 23.6 Å². The van der Waals surface area contributed by atoms with Gasteiger partial charge in [-0.25, -0.2) is 4.79 Å². The van der Waals surface area contributed by atoms with Crippen LogP contribution in [0.2, 0.25) is 0 Å². The monoisotopic (exact) mass is 395 g/mol. The standard InChI is InChI=1S/C23H25NO5/c1-12(2)20(23(28)29-11-17(25)14-6-4-13(3)5-7-14)24-21(26)18-15-8-9-16(10-15)19(18)22(24)27/h4-9,12,15-16,18-20H,10-11H2,1-3H3/t15-,16-,18-,19-,20+/m0/s1. The number of ether oxygens (including phenoxy) is 1. The highest BCUT2D eigenvalue weighted by Gasteiger charge is 2.61. The highest BCUT2D eigenvalue weighted by atomic mass is 16.5. The Labute approximate surface area is 169 Å². The first kappa shape index (κ1) is 19.6. The molecule has 2 bridgehead atoms. The fourth-order valence-corrected chi connectivity index (χ4v) is 4.92. The molecule has 6 heteroatoms. The van der Waals surface area contributed by atoms with Crippen LogP contribution in [0, 0.1) is 36.5 Å². The molecule has 2 aliphatic carbocycles. The number of likely N-dealkylation sites (tertiary alicyclic amines) is 1. The van der Waals surface area contributed by atoms with E-state index in [4.69, 9.17) is 4.74 Å². The van der Waals surface area contributed by atoms with E-state index in [1.165, 1.54) is 0 Å². The lowest BCUT2D eigenvalue weighted by Gasteiger charge is -2.28. The van der Waals surface area contributed by atoms with Crippen LogP contribution in [-0.4, -0.2) is 41.1 Å². The number of aryl methyl sites for hydroxylation is 1. The maximum absolute atomic E-state index is 13.0. The zero-order valence-corrected chi connectivity index (χ0v) is 16.8. The number of fused-ring (bicyclic) bond motifs is 5. The summed E-state index contributed by atoms with van der Waals surface area (Å²) in [6.45, 7) is 5.05. The van der Waals surface area contributed by atoms with E-state index in [0.29, 0.717) is 5.56 Å². The van der Waals surface area contributed by atoms with Crippen molar-refractivity contribution in [2.45, 2.75) is 33.2 Å². The molecule has 0 aromatic heterocycles. The minimum Gasteiger partial charge on any atom is -0.456 e. The first-order valence-corrected chi connectivity index (χ1v) is 10.1. The molecule has 0 spiro atoms. The number of amides is 2. The van der Waals surface area contributed by atoms with Gasteiger partial charge in [-0.3, -0.25) is 19.3 Å². The van der Waals surface area contributed by atoms with Crippen molar-refractivity contribution in [3.63, 3.8) is 0 Å². The lowest BCUT2D eigenvalue weighted by atomic mass is 9.85. The van der Waals surface area contributed by atoms with Crippen molar-refractivity contribution in [1.82, 2.24) is 4.90 Å². The summed E-state index contributed by atoms with van der Waals surface area (Å²) >= 11 is 0. The van der Waals surface area contributed by atoms with Crippen LogP contribution in [0.1, 0.15) is 36.2 Å². The van der Waals surface area contributed by atoms with Gasteiger partial charge in [-0.15, -0.1) is 0 Å². The first-order chi connectivity index (χ1) is 13.8. The topological polar surface area (TPSA) is 80.8 Å². The third-order valence-electron chi connectivity index (χ3n) is 6.37. The van der Waals surface area contributed by atoms with Gasteiger partial charge >= 0.3 is 5.97 Å². The third kappa shape index (κ3) is 3.20. The summed E-state index contributed by atoms with van der Waals surface area (Å²) in [7, 11) is 0. The SMILES string of the molecule is Cc1ccc(C(=O)COC(=O)[C@@H](C(C)C)N2C(=O)[C@@H]3[C@@H](C2=O)[C@H]2C=C[C@H]3C2)cc1. The summed E-state index contributed by atoms with van der Waals surface area (Å²) in [5.74, 6) is -2.45. The molecular weight excluding hydrogens is 370 g/mol. The zero-order valence-electron chi connectivity index (χ0n) is 16.8. The second-order valence-corrected chi connectivity index (χ2v) is 8.63. The molecule has 29 heavy (non-hydrogen) atoms. The van der Waals surface area contributed by atoms with E-state index in [0.717, 1.165) is 16.9 Å². The molecule has 6 nitrogen and oxygen atoms in total. The molecule has 2 fully saturated rings. The maximum Gasteiger partial charge on any atom is 0.330 e. The number of hydrogen-bond acceptors (Lipinski definition) is 5. The van der Waals surface area contributed by atoms with Crippen molar-refractivity contribution in [2.24, 2.45) is 29.6 Å². The molecule has 3 aliphatic rings. The Morgan fingerprint density at radius 2 is 1.59 bits per heavy atom. The van der Waals surface area contributed by atoms with Crippen LogP contribution in [0.4, 0.5) is 0 Å². The van der Waals surface area contributed by atoms with Crippen molar-refractivity contribution in [2.75, 3.05) is 6.61 Å². The lowest BCUT2D eigenvalue weighted by Crippen LogP contribution is -2.50. The normalized spacial score (nSPS) is 28.2. The molecule has 1 aromatic rings. The van der Waals surface area contributed by atoms with Crippen LogP contribution < -0.4 is 0 Å². The molecule has 0 unspecified atom stereocenters. The fraction of sp³-hybridized carbons (Fsp3) is 0.478. The number of benzene rings is 1. The van der Waals surface area contributed by atoms with Gasteiger partial charge in [0, 0.05) is 5.56 Å². The molecule has 4 rings (SSSR count). The van der Waals surface area contributed by atoms with Gasteiger partial charge < -0.3 is 4.74 Å². The average Bonchev–Trinajstić information content (AvgIpc) is 3.36. The third-order valence-corrected chi connectivity index (χ3v) is 6.37. The predicted molar refractivity (Wildman–Crippen MR) is 105 cm³/mol. The van der Waals surface area contributed by atoms with Gasteiger partial charge in [0.15, 0.2) is 12.4 Å². The Morgan fingerprint density at radius 3 is 2.10 bits per heavy atom. The number of imide groups is 1. The van der Waals surface area contributed by atoms with E-state index in [1.807, 2.05) is 31.2 Å². The van der Waals surface area contributed by atoms with Crippen molar-refractivity contribution < 1.29 is 23.9 Å². The van der Waals surface area contributed by atoms with Crippen LogP contribution in [-0.2, 0) is 19.1 Å². The molecule has 5 atom stereocenters. The summed E-state index contributed by atoms with van der Waals surface area (Å²) in [4.78, 5) is 52.3. The van der Waals surface area contributed by atoms with Crippen LogP contribution in [0.5, 0.6) is 0 Å². The Balaban J connectivity index is 1.47. The van der Waals surface area contributed by atoms with Crippen LogP contribution in [0.3, 0.4) is 0 Å². The summed E-state index contributed by atoms with van der Waals surface area (Å²) in [5.41, 5.74) is 1.48. The van der Waals surface area contributed by atoms with E-state index < -0.39 is 18.6 Å². The molecule has 152 valence electrons. The largest absolute Gasteiger partial charge is 0.456 e. The fourth-order valence-electron chi connectivity index (χ4n) is 4.92. The lowest BCUT2D eigenvalue weighted by molar-refractivity contribution is -0.160. The summed E-state index contributed by atoms with van der Waals surface area (Å²) in [5, 5.41) is 0. The number of Topliss-reactive ketones (excluding diaryl/α,β-unsaturated/α-hetero) is 1. The van der Waals surface area contributed by atoms with Gasteiger partial charge in [0.1, 0.15) is 6.04 Å². The van der Waals surface area contributed by atoms with Gasteiger partial charge in [0.25, 0.3) is 0 Å². The molecule has 1 saturated heterocycles. The minimum absolute atomic E-state index is 0.0818. The van der Waals surface area contributed by atoms with Crippen LogP contribution in [0.25, 0.3) is 0 Å². The Kier molecular flexibility index (Phi) is 4.89. The second-order valence-electron chi connectivity index (χ2n) is 8.63. The Hall–Kier alpha value is -2.76. The van der Waals surface area contributed by atoms with Gasteiger partial charge in [0.05, 0.1) is 11.8 Å². The minimum atomic E-state index is -1.01. The number of carbonyl (C=O) groups is 4. The molecule has 0 radical (unpaired) electrons. The smallest absolute Gasteiger partial charge is 0.330 e. The number of hydrogen-bond donors (Lipinski definition) is 0. The summed E-state index contributed by atoms with van der Waals surface area (Å²) in [6, 6.07) is 5.99. The zero-order chi connectivity index (χ0) is 20.9. The van der Waals surface area contributed by atoms with E-state index in [1.54, 1.807) is 26.0 Å². The van der Waals surface area contributed by atoms with Crippen molar-refractivity contribution in [3.8, 4) is 0 Å². The number of esters is 1. The molecule has 1 saturated carbocycles. The molecule has 0 N–H and O–H groups in total. The van der Waals surface area contributed by atoms with E-state index in [-0.39, 0.29) is 47.2 Å². The van der Waals surface area contributed by atoms with Gasteiger partial charge in [-0.05, 0) is 31.1 Å². The molecule has 1 aromatic carbocycles. The first-order valence-electron chi connectivity index (χ1n) is 10.1. The van der Waals surface area contributed by atoms with Crippen LogP contribution in [0.15, 0.2) is 36.4 Å². The van der Waals surface area contributed by atoms with Crippen molar-refractivity contribution in [3.05, 3.63) is 47.5 Å². The van der Waals surface area contributed by atoms with Crippen LogP contribution >= 0.6 is 0 Å². The van der Waals surface area contributed by atoms with Gasteiger partial charge in [-0.1, -0.05) is 55.8 Å². The Morgan fingerprint density at radius 1 is 1.03 bits per heavy atom. The van der Waals surface area contributed by atoms with E-state index in [2.05, 4.69) is 0 Å². The van der Waals surface area contributed by atoms with Gasteiger partial charge in [-0.2, -0.15) is 0 Å². The second kappa shape index (κ2) is 7.25. The molecule has 1 heterocycles. The molecular formula is C23H25NO5.